The lowest BCUT2D eigenvalue weighted by Gasteiger charge is -2.09. The van der Waals surface area contributed by atoms with Crippen LogP contribution in [0.2, 0.25) is 0 Å². The van der Waals surface area contributed by atoms with Gasteiger partial charge in [-0.05, 0) is 37.9 Å². The van der Waals surface area contributed by atoms with Gasteiger partial charge in [0.1, 0.15) is 0 Å². The molecule has 1 unspecified atom stereocenters. The summed E-state index contributed by atoms with van der Waals surface area (Å²) in [5.41, 5.74) is 1.79. The van der Waals surface area contributed by atoms with Gasteiger partial charge in [0.05, 0.1) is 0 Å². The van der Waals surface area contributed by atoms with E-state index in [9.17, 15) is 4.79 Å². The fraction of sp³-hybridized carbons (Fsp3) is 0.500. The van der Waals surface area contributed by atoms with Crippen molar-refractivity contribution in [2.75, 3.05) is 6.54 Å². The Morgan fingerprint density at radius 2 is 2.53 bits per heavy atom. The maximum Gasteiger partial charge on any atom is 0.166 e. The quantitative estimate of drug-likeness (QED) is 0.762. The van der Waals surface area contributed by atoms with Crippen molar-refractivity contribution >= 4 is 5.78 Å². The lowest BCUT2D eigenvalue weighted by atomic mass is 10.0. The van der Waals surface area contributed by atoms with E-state index >= 15 is 0 Å². The lowest BCUT2D eigenvalue weighted by Crippen LogP contribution is -2.24. The first-order valence-electron chi connectivity index (χ1n) is 5.44. The molecule has 0 saturated carbocycles. The third-order valence-electron chi connectivity index (χ3n) is 2.93. The van der Waals surface area contributed by atoms with Gasteiger partial charge in [0, 0.05) is 30.4 Å². The van der Waals surface area contributed by atoms with Crippen LogP contribution in [0, 0.1) is 6.92 Å². The molecule has 3 nitrogen and oxygen atoms in total. The molecule has 1 aliphatic heterocycles. The minimum Gasteiger partial charge on any atom is -0.314 e. The van der Waals surface area contributed by atoms with Crippen LogP contribution in [-0.4, -0.2) is 23.4 Å². The van der Waals surface area contributed by atoms with Gasteiger partial charge in [0.2, 0.25) is 0 Å². The highest BCUT2D eigenvalue weighted by molar-refractivity contribution is 5.97. The average Bonchev–Trinajstić information content (AvgIpc) is 2.71. The number of rotatable bonds is 3. The Labute approximate surface area is 89.9 Å². The van der Waals surface area contributed by atoms with Crippen LogP contribution in [0.25, 0.3) is 0 Å². The molecule has 1 aromatic heterocycles. The number of nitrogens with zero attached hydrogens (tertiary/aromatic N) is 1. The number of ketones is 1. The summed E-state index contributed by atoms with van der Waals surface area (Å²) in [7, 11) is 0. The normalized spacial score (nSPS) is 20.5. The summed E-state index contributed by atoms with van der Waals surface area (Å²) in [4.78, 5) is 15.9. The zero-order chi connectivity index (χ0) is 10.7. The van der Waals surface area contributed by atoms with Gasteiger partial charge in [0.25, 0.3) is 0 Å². The van der Waals surface area contributed by atoms with Crippen molar-refractivity contribution in [3.8, 4) is 0 Å². The molecule has 0 amide bonds. The number of aromatic nitrogens is 1. The molecule has 0 radical (unpaired) electrons. The Morgan fingerprint density at radius 3 is 3.20 bits per heavy atom. The number of hydrogen-bond donors (Lipinski definition) is 1. The molecule has 1 aromatic rings. The summed E-state index contributed by atoms with van der Waals surface area (Å²) in [6.45, 7) is 3.00. The number of hydrogen-bond acceptors (Lipinski definition) is 3. The van der Waals surface area contributed by atoms with Gasteiger partial charge in [0.15, 0.2) is 5.78 Å². The Morgan fingerprint density at radius 1 is 1.67 bits per heavy atom. The number of Topliss-reactive ketones (excluding diaryl/α,β-unsaturated/α-hetero) is 1. The van der Waals surface area contributed by atoms with E-state index in [1.807, 2.05) is 13.0 Å². The predicted octanol–water partition coefficient (Wildman–Crippen LogP) is 1.71. The third-order valence-corrected chi connectivity index (χ3v) is 2.93. The van der Waals surface area contributed by atoms with E-state index in [0.29, 0.717) is 12.5 Å². The van der Waals surface area contributed by atoms with Gasteiger partial charge in [-0.1, -0.05) is 0 Å². The summed E-state index contributed by atoms with van der Waals surface area (Å²) in [5, 5.41) is 3.34. The van der Waals surface area contributed by atoms with Crippen LogP contribution in [0.1, 0.15) is 35.2 Å². The molecule has 1 atom stereocenters. The van der Waals surface area contributed by atoms with Crippen molar-refractivity contribution < 1.29 is 4.79 Å². The second kappa shape index (κ2) is 4.53. The molecule has 15 heavy (non-hydrogen) atoms. The van der Waals surface area contributed by atoms with Crippen LogP contribution >= 0.6 is 0 Å². The molecular weight excluding hydrogens is 188 g/mol. The standard InChI is InChI=1S/C12H16N2O/c1-9-4-6-13-8-11(9)12(15)7-10-3-2-5-14-10/h4,6,8,10,14H,2-3,5,7H2,1H3. The summed E-state index contributed by atoms with van der Waals surface area (Å²) >= 11 is 0. The molecule has 80 valence electrons. The molecule has 1 fully saturated rings. The molecule has 0 bridgehead atoms. The third kappa shape index (κ3) is 2.42. The predicted molar refractivity (Wildman–Crippen MR) is 58.9 cm³/mol. The zero-order valence-corrected chi connectivity index (χ0v) is 8.99. The van der Waals surface area contributed by atoms with Gasteiger partial charge in [-0.2, -0.15) is 0 Å². The van der Waals surface area contributed by atoms with Gasteiger partial charge in [-0.25, -0.2) is 0 Å². The number of carbonyl (C=O) groups excluding carboxylic acids is 1. The molecule has 0 aromatic carbocycles. The van der Waals surface area contributed by atoms with Gasteiger partial charge in [-0.3, -0.25) is 9.78 Å². The minimum atomic E-state index is 0.208. The van der Waals surface area contributed by atoms with E-state index in [-0.39, 0.29) is 5.78 Å². The number of pyridine rings is 1. The van der Waals surface area contributed by atoms with E-state index < -0.39 is 0 Å². The van der Waals surface area contributed by atoms with Gasteiger partial charge < -0.3 is 5.32 Å². The monoisotopic (exact) mass is 204 g/mol. The SMILES string of the molecule is Cc1ccncc1C(=O)CC1CCCN1. The van der Waals surface area contributed by atoms with Crippen molar-refractivity contribution in [2.24, 2.45) is 0 Å². The zero-order valence-electron chi connectivity index (χ0n) is 8.99. The molecule has 0 spiro atoms. The average molecular weight is 204 g/mol. The Kier molecular flexibility index (Phi) is 3.11. The first-order chi connectivity index (χ1) is 7.27. The second-order valence-electron chi connectivity index (χ2n) is 4.11. The molecule has 1 saturated heterocycles. The Balaban J connectivity index is 2.04. The van der Waals surface area contributed by atoms with Gasteiger partial charge >= 0.3 is 0 Å². The highest BCUT2D eigenvalue weighted by Gasteiger charge is 2.19. The first-order valence-corrected chi connectivity index (χ1v) is 5.44. The number of aryl methyl sites for hydroxylation is 1. The molecule has 1 N–H and O–H groups in total. The summed E-state index contributed by atoms with van der Waals surface area (Å²) in [6.07, 6.45) is 6.30. The maximum atomic E-state index is 11.9. The summed E-state index contributed by atoms with van der Waals surface area (Å²) in [5.74, 6) is 0.208. The van der Waals surface area contributed by atoms with Crippen LogP contribution in [0.3, 0.4) is 0 Å². The van der Waals surface area contributed by atoms with E-state index in [4.69, 9.17) is 0 Å². The topological polar surface area (TPSA) is 42.0 Å². The second-order valence-corrected chi connectivity index (χ2v) is 4.11. The molecule has 3 heteroatoms. The van der Waals surface area contributed by atoms with E-state index in [1.165, 1.54) is 6.42 Å². The van der Waals surface area contributed by atoms with Crippen LogP contribution in [0.5, 0.6) is 0 Å². The highest BCUT2D eigenvalue weighted by Crippen LogP contribution is 2.14. The van der Waals surface area contributed by atoms with Gasteiger partial charge in [-0.15, -0.1) is 0 Å². The van der Waals surface area contributed by atoms with Crippen molar-refractivity contribution in [3.05, 3.63) is 29.6 Å². The fourth-order valence-electron chi connectivity index (χ4n) is 2.02. The largest absolute Gasteiger partial charge is 0.314 e. The number of nitrogens with one attached hydrogen (secondary N) is 1. The smallest absolute Gasteiger partial charge is 0.166 e. The lowest BCUT2D eigenvalue weighted by molar-refractivity contribution is 0.0971. The minimum absolute atomic E-state index is 0.208. The molecule has 2 heterocycles. The summed E-state index contributed by atoms with van der Waals surface area (Å²) < 4.78 is 0. The van der Waals surface area contributed by atoms with Crippen LogP contribution < -0.4 is 5.32 Å². The van der Waals surface area contributed by atoms with E-state index in [0.717, 1.165) is 24.1 Å². The molecule has 1 aliphatic rings. The fourth-order valence-corrected chi connectivity index (χ4v) is 2.02. The van der Waals surface area contributed by atoms with Crippen molar-refractivity contribution in [1.29, 1.82) is 0 Å². The van der Waals surface area contributed by atoms with Crippen LogP contribution in [0.15, 0.2) is 18.5 Å². The van der Waals surface area contributed by atoms with Crippen molar-refractivity contribution in [2.45, 2.75) is 32.2 Å². The Bertz CT molecular complexity index is 356. The first kappa shape index (κ1) is 10.3. The maximum absolute atomic E-state index is 11.9. The van der Waals surface area contributed by atoms with E-state index in [1.54, 1.807) is 12.4 Å². The number of carbonyl (C=O) groups is 1. The Hall–Kier alpha value is -1.22. The highest BCUT2D eigenvalue weighted by atomic mass is 16.1. The van der Waals surface area contributed by atoms with Crippen LogP contribution in [0.4, 0.5) is 0 Å². The van der Waals surface area contributed by atoms with Crippen molar-refractivity contribution in [1.82, 2.24) is 10.3 Å². The van der Waals surface area contributed by atoms with Crippen molar-refractivity contribution in [3.63, 3.8) is 0 Å². The summed E-state index contributed by atoms with van der Waals surface area (Å²) in [6, 6.07) is 2.26. The molecular formula is C12H16N2O. The molecule has 0 aliphatic carbocycles. The molecule has 2 rings (SSSR count). The van der Waals surface area contributed by atoms with E-state index in [2.05, 4.69) is 10.3 Å². The van der Waals surface area contributed by atoms with Crippen LogP contribution in [-0.2, 0) is 0 Å².